The van der Waals surface area contributed by atoms with Gasteiger partial charge in [-0.2, -0.15) is 4.99 Å². The van der Waals surface area contributed by atoms with Crippen molar-refractivity contribution >= 4 is 28.3 Å². The summed E-state index contributed by atoms with van der Waals surface area (Å²) in [6, 6.07) is 13.9. The van der Waals surface area contributed by atoms with Crippen LogP contribution in [-0.2, 0) is 13.0 Å². The van der Waals surface area contributed by atoms with Crippen LogP contribution < -0.4 is 4.80 Å². The van der Waals surface area contributed by atoms with Gasteiger partial charge in [-0.1, -0.05) is 37.3 Å². The summed E-state index contributed by atoms with van der Waals surface area (Å²) in [6.45, 7) is 2.82. The zero-order valence-electron chi connectivity index (χ0n) is 14.3. The minimum atomic E-state index is -0.254. The van der Waals surface area contributed by atoms with Gasteiger partial charge in [-0.05, 0) is 24.1 Å². The Morgan fingerprint density at radius 2 is 2.08 bits per heavy atom. The molecule has 0 saturated carbocycles. The maximum Gasteiger partial charge on any atom is 0.281 e. The lowest BCUT2D eigenvalue weighted by Crippen LogP contribution is -2.20. The second-order valence-electron chi connectivity index (χ2n) is 5.95. The number of fused-ring (bicyclic) bond motifs is 1. The summed E-state index contributed by atoms with van der Waals surface area (Å²) in [7, 11) is 0. The van der Waals surface area contributed by atoms with E-state index in [2.05, 4.69) is 44.0 Å². The van der Waals surface area contributed by atoms with Crippen LogP contribution in [0.5, 0.6) is 0 Å². The largest absolute Gasteiger partial charge is 0.345 e. The summed E-state index contributed by atoms with van der Waals surface area (Å²) in [5.41, 5.74) is 3.60. The summed E-state index contributed by atoms with van der Waals surface area (Å²) >= 11 is 1.50. The molecular weight excluding hydrogens is 344 g/mol. The molecule has 0 bridgehead atoms. The number of aryl methyl sites for hydroxylation is 1. The molecule has 0 aliphatic rings. The fourth-order valence-electron chi connectivity index (χ4n) is 2.95. The lowest BCUT2D eigenvalue weighted by molar-refractivity contribution is 0.0999. The average molecular weight is 362 g/mol. The predicted octanol–water partition coefficient (Wildman–Crippen LogP) is 3.78. The van der Waals surface area contributed by atoms with Gasteiger partial charge in [0.2, 0.25) is 0 Å². The first kappa shape index (κ1) is 16.5. The number of rotatable bonds is 4. The van der Waals surface area contributed by atoms with Gasteiger partial charge < -0.3 is 9.55 Å². The van der Waals surface area contributed by atoms with Crippen molar-refractivity contribution < 1.29 is 4.79 Å². The van der Waals surface area contributed by atoms with E-state index in [0.717, 1.165) is 11.8 Å². The first-order valence-electron chi connectivity index (χ1n) is 8.48. The van der Waals surface area contributed by atoms with Crippen molar-refractivity contribution in [2.75, 3.05) is 0 Å². The van der Waals surface area contributed by atoms with Crippen LogP contribution in [0.4, 0.5) is 0 Å². The predicted molar refractivity (Wildman–Crippen MR) is 103 cm³/mol. The van der Waals surface area contributed by atoms with Gasteiger partial charge in [0, 0.05) is 28.9 Å². The molecule has 0 aliphatic heterocycles. The molecular formula is C20H18N4OS. The van der Waals surface area contributed by atoms with Crippen LogP contribution in [0.3, 0.4) is 0 Å². The Morgan fingerprint density at radius 3 is 2.88 bits per heavy atom. The summed E-state index contributed by atoms with van der Waals surface area (Å²) in [5, 5.41) is 2.87. The molecule has 6 heteroatoms. The number of carbonyl (C=O) groups is 1. The maximum atomic E-state index is 12.8. The molecule has 0 atom stereocenters. The number of nitrogens with one attached hydrogen (secondary N) is 1. The number of carbonyl (C=O) groups excluding carboxylic acids is 1. The minimum absolute atomic E-state index is 0.254. The zero-order chi connectivity index (χ0) is 17.9. The Kier molecular flexibility index (Phi) is 4.50. The van der Waals surface area contributed by atoms with E-state index in [4.69, 9.17) is 0 Å². The van der Waals surface area contributed by atoms with Crippen LogP contribution in [0, 0.1) is 0 Å². The highest BCUT2D eigenvalue weighted by atomic mass is 32.1. The number of hydrogen-bond donors (Lipinski definition) is 1. The lowest BCUT2D eigenvalue weighted by Gasteiger charge is -2.07. The number of hydrogen-bond acceptors (Lipinski definition) is 3. The quantitative estimate of drug-likeness (QED) is 0.600. The summed E-state index contributed by atoms with van der Waals surface area (Å²) in [5.74, 6) is -0.254. The second kappa shape index (κ2) is 7.09. The molecule has 1 amide bonds. The summed E-state index contributed by atoms with van der Waals surface area (Å²) in [4.78, 5) is 25.2. The molecule has 0 radical (unpaired) electrons. The number of nitrogens with zero attached hydrogens (tertiary/aromatic N) is 3. The maximum absolute atomic E-state index is 12.8. The number of aromatic nitrogens is 3. The van der Waals surface area contributed by atoms with Crippen molar-refractivity contribution in [1.29, 1.82) is 0 Å². The molecule has 0 unspecified atom stereocenters. The normalized spacial score (nSPS) is 12.0. The van der Waals surface area contributed by atoms with Crippen molar-refractivity contribution in [3.8, 4) is 0 Å². The number of amides is 1. The van der Waals surface area contributed by atoms with E-state index in [0.29, 0.717) is 22.6 Å². The van der Waals surface area contributed by atoms with E-state index >= 15 is 0 Å². The van der Waals surface area contributed by atoms with Gasteiger partial charge >= 0.3 is 0 Å². The van der Waals surface area contributed by atoms with E-state index in [1.54, 1.807) is 12.4 Å². The molecule has 4 aromatic rings. The third-order valence-electron chi connectivity index (χ3n) is 4.30. The standard InChI is InChI=1S/C20H18N4OS/c1-2-15-13-26-20(24(15)12-14-7-4-3-5-8-14)23-19(25)17-11-22-18-16(17)9-6-10-21-18/h3-11,13H,2,12H2,1H3,(H,21,22)/b23-20-. The van der Waals surface area contributed by atoms with Crippen LogP contribution in [0.1, 0.15) is 28.5 Å². The first-order chi connectivity index (χ1) is 12.8. The van der Waals surface area contributed by atoms with E-state index in [1.807, 2.05) is 30.3 Å². The van der Waals surface area contributed by atoms with Gasteiger partial charge in [0.05, 0.1) is 12.1 Å². The average Bonchev–Trinajstić information content (AvgIpc) is 3.27. The lowest BCUT2D eigenvalue weighted by atomic mass is 10.2. The Morgan fingerprint density at radius 1 is 1.23 bits per heavy atom. The van der Waals surface area contributed by atoms with Gasteiger partial charge in [0.15, 0.2) is 4.80 Å². The van der Waals surface area contributed by atoms with Crippen molar-refractivity contribution in [1.82, 2.24) is 14.5 Å². The fraction of sp³-hybridized carbons (Fsp3) is 0.150. The molecule has 0 aliphatic carbocycles. The van der Waals surface area contributed by atoms with E-state index in [-0.39, 0.29) is 5.91 Å². The number of thiazole rings is 1. The van der Waals surface area contributed by atoms with Crippen LogP contribution in [0.25, 0.3) is 11.0 Å². The number of benzene rings is 1. The van der Waals surface area contributed by atoms with Crippen molar-refractivity contribution in [3.63, 3.8) is 0 Å². The Balaban J connectivity index is 1.75. The number of aromatic amines is 1. The molecule has 4 rings (SSSR count). The van der Waals surface area contributed by atoms with Crippen LogP contribution in [0.15, 0.2) is 65.2 Å². The van der Waals surface area contributed by atoms with Crippen LogP contribution in [0.2, 0.25) is 0 Å². The minimum Gasteiger partial charge on any atom is -0.345 e. The molecule has 0 spiro atoms. The van der Waals surface area contributed by atoms with Gasteiger partial charge in [-0.3, -0.25) is 4.79 Å². The molecule has 26 heavy (non-hydrogen) atoms. The Hall–Kier alpha value is -2.99. The van der Waals surface area contributed by atoms with Gasteiger partial charge in [-0.15, -0.1) is 11.3 Å². The molecule has 1 aromatic carbocycles. The topological polar surface area (TPSA) is 63.0 Å². The van der Waals surface area contributed by atoms with Crippen LogP contribution >= 0.6 is 11.3 Å². The Bertz CT molecular complexity index is 1120. The highest BCUT2D eigenvalue weighted by molar-refractivity contribution is 7.07. The third kappa shape index (κ3) is 3.11. The molecule has 0 fully saturated rings. The van der Waals surface area contributed by atoms with Crippen LogP contribution in [-0.4, -0.2) is 20.4 Å². The Labute approximate surface area is 154 Å². The van der Waals surface area contributed by atoms with Gasteiger partial charge in [-0.25, -0.2) is 4.98 Å². The van der Waals surface area contributed by atoms with Crippen molar-refractivity contribution in [2.24, 2.45) is 4.99 Å². The highest BCUT2D eigenvalue weighted by Crippen LogP contribution is 2.16. The van der Waals surface area contributed by atoms with E-state index in [9.17, 15) is 4.79 Å². The third-order valence-corrected chi connectivity index (χ3v) is 5.21. The highest BCUT2D eigenvalue weighted by Gasteiger charge is 2.13. The molecule has 0 saturated heterocycles. The summed E-state index contributed by atoms with van der Waals surface area (Å²) in [6.07, 6.45) is 4.27. The van der Waals surface area contributed by atoms with E-state index in [1.165, 1.54) is 22.6 Å². The van der Waals surface area contributed by atoms with Crippen molar-refractivity contribution in [2.45, 2.75) is 19.9 Å². The fourth-order valence-corrected chi connectivity index (χ4v) is 3.93. The second-order valence-corrected chi connectivity index (χ2v) is 6.79. The molecule has 130 valence electrons. The monoisotopic (exact) mass is 362 g/mol. The number of pyridine rings is 1. The summed E-state index contributed by atoms with van der Waals surface area (Å²) < 4.78 is 2.12. The van der Waals surface area contributed by atoms with E-state index < -0.39 is 0 Å². The molecule has 3 heterocycles. The molecule has 5 nitrogen and oxygen atoms in total. The first-order valence-corrected chi connectivity index (χ1v) is 9.36. The van der Waals surface area contributed by atoms with Gasteiger partial charge in [0.25, 0.3) is 5.91 Å². The zero-order valence-corrected chi connectivity index (χ0v) is 15.2. The number of H-pyrrole nitrogens is 1. The van der Waals surface area contributed by atoms with Crippen molar-refractivity contribution in [3.05, 3.63) is 81.9 Å². The SMILES string of the molecule is CCc1cs/c(=N\C(=O)c2c[nH]c3ncccc23)n1Cc1ccccc1. The van der Waals surface area contributed by atoms with Gasteiger partial charge in [0.1, 0.15) is 5.65 Å². The molecule has 3 aromatic heterocycles. The molecule has 1 N–H and O–H groups in total. The smallest absolute Gasteiger partial charge is 0.281 e.